The lowest BCUT2D eigenvalue weighted by Crippen LogP contribution is -1.98. The molecule has 0 fully saturated rings. The largest absolute Gasteiger partial charge is 0.335 e. The minimum atomic E-state index is -1.60. The van der Waals surface area contributed by atoms with Crippen LogP contribution >= 0.6 is 34.8 Å². The fourth-order valence-electron chi connectivity index (χ4n) is 1.04. The molecule has 0 unspecified atom stereocenters. The lowest BCUT2D eigenvalue weighted by atomic mass is 10.1. The predicted molar refractivity (Wildman–Crippen MR) is 57.6 cm³/mol. The van der Waals surface area contributed by atoms with Crippen LogP contribution in [0.15, 0.2) is 29.0 Å². The molecular formula is C9H4Cl3FN2O. The zero-order valence-corrected chi connectivity index (χ0v) is 9.89. The van der Waals surface area contributed by atoms with E-state index in [1.807, 2.05) is 6.07 Å². The van der Waals surface area contributed by atoms with Crippen molar-refractivity contribution in [2.75, 3.05) is 0 Å². The van der Waals surface area contributed by atoms with Gasteiger partial charge in [-0.1, -0.05) is 52.1 Å². The van der Waals surface area contributed by atoms with Gasteiger partial charge in [-0.25, -0.2) is 4.39 Å². The van der Waals surface area contributed by atoms with E-state index in [9.17, 15) is 4.39 Å². The van der Waals surface area contributed by atoms with Gasteiger partial charge in [0.25, 0.3) is 9.68 Å². The maximum absolute atomic E-state index is 12.0. The van der Waals surface area contributed by atoms with Crippen molar-refractivity contribution in [1.82, 2.24) is 10.1 Å². The molecule has 0 atom stereocenters. The normalized spacial score (nSPS) is 11.8. The molecule has 1 heterocycles. The summed E-state index contributed by atoms with van der Waals surface area (Å²) in [6, 6.07) is 5.22. The van der Waals surface area contributed by atoms with E-state index in [0.717, 1.165) is 16.8 Å². The van der Waals surface area contributed by atoms with E-state index in [2.05, 4.69) is 14.7 Å². The maximum Gasteiger partial charge on any atom is 0.278 e. The zero-order valence-electron chi connectivity index (χ0n) is 7.62. The second kappa shape index (κ2) is 4.20. The van der Waals surface area contributed by atoms with Crippen molar-refractivity contribution in [3.05, 3.63) is 46.7 Å². The van der Waals surface area contributed by atoms with E-state index in [4.69, 9.17) is 34.8 Å². The Kier molecular flexibility index (Phi) is 3.06. The Morgan fingerprint density at radius 1 is 1.25 bits per heavy atom. The van der Waals surface area contributed by atoms with Crippen LogP contribution in [-0.2, 0) is 3.79 Å². The minimum Gasteiger partial charge on any atom is -0.335 e. The van der Waals surface area contributed by atoms with Crippen LogP contribution in [0.25, 0.3) is 0 Å². The summed E-state index contributed by atoms with van der Waals surface area (Å²) in [6.45, 7) is 0. The molecule has 0 aromatic carbocycles. The third kappa shape index (κ3) is 2.29. The van der Waals surface area contributed by atoms with Crippen molar-refractivity contribution < 1.29 is 8.91 Å². The first-order chi connectivity index (χ1) is 7.48. The number of hydrogen-bond donors (Lipinski definition) is 0. The Bertz CT molecular complexity index is 580. The smallest absolute Gasteiger partial charge is 0.278 e. The van der Waals surface area contributed by atoms with Crippen molar-refractivity contribution in [3.8, 4) is 0 Å². The fourth-order valence-corrected chi connectivity index (χ4v) is 1.29. The number of benzene rings is 1. The van der Waals surface area contributed by atoms with Gasteiger partial charge in [0.15, 0.2) is 6.33 Å². The van der Waals surface area contributed by atoms with Gasteiger partial charge in [0.1, 0.15) is 5.82 Å². The van der Waals surface area contributed by atoms with Gasteiger partial charge < -0.3 is 4.52 Å². The van der Waals surface area contributed by atoms with Crippen LogP contribution in [0.2, 0.25) is 0 Å². The molecule has 0 bridgehead atoms. The van der Waals surface area contributed by atoms with Crippen molar-refractivity contribution in [2.24, 2.45) is 0 Å². The quantitative estimate of drug-likeness (QED) is 0.593. The first-order valence-electron chi connectivity index (χ1n) is 4.12. The Balaban J connectivity index is 0.000000123. The van der Waals surface area contributed by atoms with E-state index < -0.39 is 3.79 Å². The van der Waals surface area contributed by atoms with E-state index in [1.54, 1.807) is 6.07 Å². The van der Waals surface area contributed by atoms with Crippen molar-refractivity contribution >= 4 is 34.8 Å². The molecule has 7 heteroatoms. The average molecular weight is 282 g/mol. The Morgan fingerprint density at radius 2 is 2.00 bits per heavy atom. The predicted octanol–water partition coefficient (Wildman–Crippen LogP) is 3.32. The van der Waals surface area contributed by atoms with Crippen molar-refractivity contribution in [2.45, 2.75) is 3.79 Å². The Morgan fingerprint density at radius 3 is 2.12 bits per heavy atom. The molecule has 0 N–H and O–H groups in total. The van der Waals surface area contributed by atoms with Gasteiger partial charge in [-0.2, -0.15) is 4.98 Å². The summed E-state index contributed by atoms with van der Waals surface area (Å²) in [7, 11) is 0. The van der Waals surface area contributed by atoms with Gasteiger partial charge in [-0.05, 0) is 11.3 Å². The molecule has 2 aliphatic rings. The third-order valence-electron chi connectivity index (χ3n) is 1.88. The van der Waals surface area contributed by atoms with Crippen molar-refractivity contribution in [1.29, 1.82) is 0 Å². The Labute approximate surface area is 104 Å². The first-order valence-corrected chi connectivity index (χ1v) is 5.25. The summed E-state index contributed by atoms with van der Waals surface area (Å²) in [5.74, 6) is -0.0787. The molecule has 3 rings (SSSR count). The Hall–Kier alpha value is -0.840. The molecule has 1 aromatic heterocycles. The third-order valence-corrected chi connectivity index (χ3v) is 2.37. The molecule has 2 aliphatic carbocycles. The van der Waals surface area contributed by atoms with Crippen LogP contribution in [0.3, 0.4) is 0 Å². The summed E-state index contributed by atoms with van der Waals surface area (Å²) >= 11 is 16.0. The summed E-state index contributed by atoms with van der Waals surface area (Å²) in [4.78, 5) is 3.51. The van der Waals surface area contributed by atoms with E-state index in [-0.39, 0.29) is 11.7 Å². The highest BCUT2D eigenvalue weighted by atomic mass is 35.6. The molecule has 0 aliphatic heterocycles. The second-order valence-electron chi connectivity index (χ2n) is 2.94. The molecule has 16 heavy (non-hydrogen) atoms. The van der Waals surface area contributed by atoms with Gasteiger partial charge in [0.2, 0.25) is 0 Å². The van der Waals surface area contributed by atoms with E-state index >= 15 is 0 Å². The van der Waals surface area contributed by atoms with Gasteiger partial charge in [0.05, 0.1) is 0 Å². The number of alkyl halides is 3. The summed E-state index contributed by atoms with van der Waals surface area (Å²) < 4.78 is 14.8. The lowest BCUT2D eigenvalue weighted by Gasteiger charge is -2.00. The van der Waals surface area contributed by atoms with Crippen molar-refractivity contribution in [3.63, 3.8) is 0 Å². The molecular weight excluding hydrogens is 277 g/mol. The van der Waals surface area contributed by atoms with Crippen LogP contribution in [0.1, 0.15) is 5.89 Å². The molecule has 0 amide bonds. The van der Waals surface area contributed by atoms with Gasteiger partial charge in [-0.3, -0.25) is 0 Å². The molecule has 0 spiro atoms. The fraction of sp³-hybridized carbons (Fsp3) is 0.111. The highest BCUT2D eigenvalue weighted by Gasteiger charge is 2.28. The van der Waals surface area contributed by atoms with E-state index in [0.29, 0.717) is 0 Å². The SMILES string of the molecule is ClC(Cl)(Cl)c1ncno1.Fc1cc2ccc1=2. The molecule has 1 aromatic rings. The summed E-state index contributed by atoms with van der Waals surface area (Å²) in [5.41, 5.74) is 0. The number of nitrogens with zero attached hydrogens (tertiary/aromatic N) is 2. The van der Waals surface area contributed by atoms with Gasteiger partial charge >= 0.3 is 0 Å². The number of aromatic nitrogens is 2. The van der Waals surface area contributed by atoms with Crippen LogP contribution in [0, 0.1) is 16.3 Å². The maximum atomic E-state index is 12.0. The van der Waals surface area contributed by atoms with Gasteiger partial charge in [0, 0.05) is 5.22 Å². The monoisotopic (exact) mass is 280 g/mol. The van der Waals surface area contributed by atoms with E-state index in [1.165, 1.54) is 6.07 Å². The molecule has 3 nitrogen and oxygen atoms in total. The molecule has 84 valence electrons. The topological polar surface area (TPSA) is 38.9 Å². The summed E-state index contributed by atoms with van der Waals surface area (Å²) in [6.07, 6.45) is 1.16. The lowest BCUT2D eigenvalue weighted by molar-refractivity contribution is 0.381. The minimum absolute atomic E-state index is 0.0208. The number of hydrogen-bond acceptors (Lipinski definition) is 3. The first kappa shape index (κ1) is 11.6. The zero-order chi connectivity index (χ0) is 11.8. The van der Waals surface area contributed by atoms with Crippen LogP contribution in [-0.4, -0.2) is 10.1 Å². The molecule has 0 saturated carbocycles. The average Bonchev–Trinajstić information content (AvgIpc) is 2.66. The summed E-state index contributed by atoms with van der Waals surface area (Å²) in [5, 5.41) is 5.12. The highest BCUT2D eigenvalue weighted by molar-refractivity contribution is 6.66. The van der Waals surface area contributed by atoms with Crippen LogP contribution in [0.4, 0.5) is 4.39 Å². The van der Waals surface area contributed by atoms with Crippen LogP contribution in [0.5, 0.6) is 0 Å². The second-order valence-corrected chi connectivity index (χ2v) is 5.22. The number of halogens is 4. The standard InChI is InChI=1S/C6H3F.C3HCl3N2O/c7-6-3-4-1-2-5(4)6;4-3(5,6)2-7-1-8-9-2/h1-3H;1H. The van der Waals surface area contributed by atoms with Gasteiger partial charge in [-0.15, -0.1) is 0 Å². The molecule has 0 saturated heterocycles. The number of rotatable bonds is 0. The molecule has 0 radical (unpaired) electrons. The highest BCUT2D eigenvalue weighted by Crippen LogP contribution is 2.36. The van der Waals surface area contributed by atoms with Crippen LogP contribution < -0.4 is 0 Å².